The van der Waals surface area contributed by atoms with Gasteiger partial charge < -0.3 is 10.1 Å². The molecule has 1 atom stereocenters. The fraction of sp³-hybridized carbons (Fsp3) is 0.500. The fourth-order valence-corrected chi connectivity index (χ4v) is 2.43. The summed E-state index contributed by atoms with van der Waals surface area (Å²) in [5.74, 6) is -0.169. The molecule has 88 valence electrons. The average Bonchev–Trinajstić information content (AvgIpc) is 2.79. The molecule has 1 aliphatic heterocycles. The smallest absolute Gasteiger partial charge is 0.123 e. The van der Waals surface area contributed by atoms with Gasteiger partial charge in [-0.05, 0) is 36.4 Å². The Balaban J connectivity index is 1.98. The van der Waals surface area contributed by atoms with Gasteiger partial charge in [-0.2, -0.15) is 0 Å². The van der Waals surface area contributed by atoms with Crippen molar-refractivity contribution in [3.8, 4) is 0 Å². The molecule has 1 aliphatic rings. The first-order chi connectivity index (χ1) is 7.79. The largest absolute Gasteiger partial charge is 0.380 e. The molecule has 1 saturated heterocycles. The zero-order chi connectivity index (χ0) is 11.4. The molecule has 0 aliphatic carbocycles. The number of rotatable bonds is 4. The predicted octanol–water partition coefficient (Wildman–Crippen LogP) is 2.43. The quantitative estimate of drug-likeness (QED) is 0.818. The Morgan fingerprint density at radius 3 is 3.12 bits per heavy atom. The summed E-state index contributed by atoms with van der Waals surface area (Å²) in [6, 6.07) is 5.36. The second-order valence-electron chi connectivity index (χ2n) is 3.90. The third-order valence-corrected chi connectivity index (χ3v) is 3.59. The first-order valence-electron chi connectivity index (χ1n) is 5.43. The minimum absolute atomic E-state index is 0.169. The number of ether oxygens (including phenoxy) is 1. The Morgan fingerprint density at radius 2 is 2.44 bits per heavy atom. The van der Waals surface area contributed by atoms with E-state index < -0.39 is 0 Å². The van der Waals surface area contributed by atoms with Gasteiger partial charge in [-0.25, -0.2) is 4.39 Å². The molecular formula is C12H16FNOS. The van der Waals surface area contributed by atoms with Gasteiger partial charge in [0, 0.05) is 24.1 Å². The van der Waals surface area contributed by atoms with E-state index in [0.29, 0.717) is 12.6 Å². The van der Waals surface area contributed by atoms with Crippen molar-refractivity contribution in [3.05, 3.63) is 29.6 Å². The molecule has 1 aromatic rings. The Labute approximate surface area is 99.6 Å². The summed E-state index contributed by atoms with van der Waals surface area (Å²) in [5.41, 5.74) is 1.03. The van der Waals surface area contributed by atoms with Crippen molar-refractivity contribution < 1.29 is 9.13 Å². The lowest BCUT2D eigenvalue weighted by atomic mass is 10.2. The van der Waals surface area contributed by atoms with E-state index in [4.69, 9.17) is 4.74 Å². The van der Waals surface area contributed by atoms with Gasteiger partial charge in [-0.15, -0.1) is 11.8 Å². The standard InChI is InChI=1S/C12H16FNOS/c1-16-12-3-2-10(13)6-9(12)7-14-11-4-5-15-8-11/h2-3,6,11,14H,4-5,7-8H2,1H3. The van der Waals surface area contributed by atoms with E-state index in [2.05, 4.69) is 5.32 Å². The lowest BCUT2D eigenvalue weighted by Gasteiger charge is -2.12. The van der Waals surface area contributed by atoms with Crippen LogP contribution in [0.25, 0.3) is 0 Å². The first kappa shape index (κ1) is 11.9. The van der Waals surface area contributed by atoms with E-state index in [1.165, 1.54) is 6.07 Å². The van der Waals surface area contributed by atoms with E-state index in [-0.39, 0.29) is 5.82 Å². The van der Waals surface area contributed by atoms with Crippen LogP contribution in [0.5, 0.6) is 0 Å². The van der Waals surface area contributed by atoms with Crippen molar-refractivity contribution in [1.82, 2.24) is 5.32 Å². The third kappa shape index (κ3) is 2.97. The molecule has 0 saturated carbocycles. The maximum absolute atomic E-state index is 13.1. The van der Waals surface area contributed by atoms with Crippen molar-refractivity contribution >= 4 is 11.8 Å². The number of halogens is 1. The lowest BCUT2D eigenvalue weighted by molar-refractivity contribution is 0.190. The molecule has 4 heteroatoms. The monoisotopic (exact) mass is 241 g/mol. The molecule has 0 bridgehead atoms. The molecular weight excluding hydrogens is 225 g/mol. The average molecular weight is 241 g/mol. The van der Waals surface area contributed by atoms with Crippen LogP contribution >= 0.6 is 11.8 Å². The number of hydrogen-bond acceptors (Lipinski definition) is 3. The summed E-state index contributed by atoms with van der Waals surface area (Å²) in [5, 5.41) is 3.39. The van der Waals surface area contributed by atoms with Crippen molar-refractivity contribution in [2.75, 3.05) is 19.5 Å². The van der Waals surface area contributed by atoms with E-state index in [1.807, 2.05) is 12.3 Å². The molecule has 1 heterocycles. The van der Waals surface area contributed by atoms with E-state index >= 15 is 0 Å². The Hall–Kier alpha value is -0.580. The van der Waals surface area contributed by atoms with Crippen LogP contribution in [0.3, 0.4) is 0 Å². The molecule has 0 radical (unpaired) electrons. The molecule has 1 fully saturated rings. The van der Waals surface area contributed by atoms with Crippen LogP contribution in [-0.2, 0) is 11.3 Å². The SMILES string of the molecule is CSc1ccc(F)cc1CNC1CCOC1. The van der Waals surface area contributed by atoms with Crippen LogP contribution in [0.1, 0.15) is 12.0 Å². The van der Waals surface area contributed by atoms with Gasteiger partial charge in [-0.3, -0.25) is 0 Å². The number of thioether (sulfide) groups is 1. The normalized spacial score (nSPS) is 20.2. The van der Waals surface area contributed by atoms with Gasteiger partial charge in [0.05, 0.1) is 6.61 Å². The molecule has 0 aromatic heterocycles. The lowest BCUT2D eigenvalue weighted by Crippen LogP contribution is -2.28. The van der Waals surface area contributed by atoms with Crippen LogP contribution in [0.2, 0.25) is 0 Å². The molecule has 2 rings (SSSR count). The van der Waals surface area contributed by atoms with Crippen LogP contribution in [0.15, 0.2) is 23.1 Å². The van der Waals surface area contributed by atoms with E-state index in [1.54, 1.807) is 17.8 Å². The summed E-state index contributed by atoms with van der Waals surface area (Å²) in [6.45, 7) is 2.31. The summed E-state index contributed by atoms with van der Waals surface area (Å²) >= 11 is 1.65. The highest BCUT2D eigenvalue weighted by Gasteiger charge is 2.15. The van der Waals surface area contributed by atoms with Gasteiger partial charge in [-0.1, -0.05) is 0 Å². The Kier molecular flexibility index (Phi) is 4.21. The van der Waals surface area contributed by atoms with Gasteiger partial charge in [0.15, 0.2) is 0 Å². The minimum atomic E-state index is -0.169. The zero-order valence-electron chi connectivity index (χ0n) is 9.33. The summed E-state index contributed by atoms with van der Waals surface area (Å²) < 4.78 is 18.4. The highest BCUT2D eigenvalue weighted by Crippen LogP contribution is 2.21. The van der Waals surface area contributed by atoms with Gasteiger partial charge in [0.2, 0.25) is 0 Å². The second-order valence-corrected chi connectivity index (χ2v) is 4.75. The van der Waals surface area contributed by atoms with Gasteiger partial charge >= 0.3 is 0 Å². The van der Waals surface area contributed by atoms with Crippen LogP contribution in [0, 0.1) is 5.82 Å². The molecule has 1 unspecified atom stereocenters. The van der Waals surface area contributed by atoms with Crippen molar-refractivity contribution in [2.24, 2.45) is 0 Å². The molecule has 0 amide bonds. The summed E-state index contributed by atoms with van der Waals surface area (Å²) in [7, 11) is 0. The summed E-state index contributed by atoms with van der Waals surface area (Å²) in [4.78, 5) is 1.13. The topological polar surface area (TPSA) is 21.3 Å². The molecule has 16 heavy (non-hydrogen) atoms. The van der Waals surface area contributed by atoms with Crippen molar-refractivity contribution in [3.63, 3.8) is 0 Å². The van der Waals surface area contributed by atoms with Crippen LogP contribution in [-0.4, -0.2) is 25.5 Å². The van der Waals surface area contributed by atoms with Gasteiger partial charge in [0.25, 0.3) is 0 Å². The predicted molar refractivity (Wildman–Crippen MR) is 64.2 cm³/mol. The second kappa shape index (κ2) is 5.66. The Morgan fingerprint density at radius 1 is 1.56 bits per heavy atom. The maximum Gasteiger partial charge on any atom is 0.123 e. The van der Waals surface area contributed by atoms with Crippen LogP contribution < -0.4 is 5.32 Å². The third-order valence-electron chi connectivity index (χ3n) is 2.75. The zero-order valence-corrected chi connectivity index (χ0v) is 10.1. The van der Waals surface area contributed by atoms with Crippen LogP contribution in [0.4, 0.5) is 4.39 Å². The minimum Gasteiger partial charge on any atom is -0.380 e. The van der Waals surface area contributed by atoms with Crippen molar-refractivity contribution in [1.29, 1.82) is 0 Å². The summed E-state index contributed by atoms with van der Waals surface area (Å²) in [6.07, 6.45) is 3.05. The number of hydrogen-bond donors (Lipinski definition) is 1. The molecule has 0 spiro atoms. The Bertz CT molecular complexity index is 353. The van der Waals surface area contributed by atoms with Crippen molar-refractivity contribution in [2.45, 2.75) is 23.9 Å². The van der Waals surface area contributed by atoms with Gasteiger partial charge in [0.1, 0.15) is 5.82 Å². The number of nitrogens with one attached hydrogen (secondary N) is 1. The first-order valence-corrected chi connectivity index (χ1v) is 6.65. The highest BCUT2D eigenvalue weighted by atomic mass is 32.2. The van der Waals surface area contributed by atoms with E-state index in [9.17, 15) is 4.39 Å². The van der Waals surface area contributed by atoms with E-state index in [0.717, 1.165) is 30.1 Å². The molecule has 1 aromatic carbocycles. The fourth-order valence-electron chi connectivity index (χ4n) is 1.84. The number of benzene rings is 1. The molecule has 1 N–H and O–H groups in total. The maximum atomic E-state index is 13.1. The highest BCUT2D eigenvalue weighted by molar-refractivity contribution is 7.98. The molecule has 2 nitrogen and oxygen atoms in total.